The van der Waals surface area contributed by atoms with Crippen molar-refractivity contribution in [2.24, 2.45) is 0 Å². The fourth-order valence-electron chi connectivity index (χ4n) is 6.66. The lowest BCUT2D eigenvalue weighted by molar-refractivity contribution is -0.140. The Kier molecular flexibility index (Phi) is 11.1. The van der Waals surface area contributed by atoms with Crippen LogP contribution in [-0.4, -0.2) is 118 Å². The summed E-state index contributed by atoms with van der Waals surface area (Å²) >= 11 is 0. The monoisotopic (exact) mass is 698 g/mol. The van der Waals surface area contributed by atoms with Crippen LogP contribution in [0.1, 0.15) is 65.8 Å². The van der Waals surface area contributed by atoms with Crippen LogP contribution in [0.4, 0.5) is 0 Å². The van der Waals surface area contributed by atoms with Gasteiger partial charge in [0.15, 0.2) is 6.61 Å². The zero-order chi connectivity index (χ0) is 35.9. The number of hydrogen-bond donors (Lipinski definition) is 3. The van der Waals surface area contributed by atoms with Crippen LogP contribution >= 0.6 is 0 Å². The van der Waals surface area contributed by atoms with Crippen molar-refractivity contribution in [3.63, 3.8) is 0 Å². The van der Waals surface area contributed by atoms with Crippen molar-refractivity contribution in [3.8, 4) is 5.75 Å². The number of pyridine rings is 1. The largest absolute Gasteiger partial charge is 0.483 e. The van der Waals surface area contributed by atoms with E-state index in [2.05, 4.69) is 15.6 Å². The van der Waals surface area contributed by atoms with E-state index in [9.17, 15) is 33.9 Å². The second-order valence-corrected chi connectivity index (χ2v) is 13.1. The Labute approximate surface area is 295 Å². The number of nitrogens with zero attached hydrogens (tertiary/aromatic N) is 4. The Morgan fingerprint density at radius 2 is 1.57 bits per heavy atom. The average molecular weight is 699 g/mol. The Balaban J connectivity index is 1.12. The molecule has 1 aliphatic carbocycles. The molecule has 3 aliphatic rings. The summed E-state index contributed by atoms with van der Waals surface area (Å²) in [5.41, 5.74) is 0.881. The number of para-hydroxylation sites is 1. The summed E-state index contributed by atoms with van der Waals surface area (Å²) in [5.74, 6) is -2.71. The fourth-order valence-corrected chi connectivity index (χ4v) is 6.66. The molecule has 0 bridgehead atoms. The van der Waals surface area contributed by atoms with Crippen molar-refractivity contribution in [1.29, 1.82) is 0 Å². The first-order valence-electron chi connectivity index (χ1n) is 17.5. The molecule has 0 spiro atoms. The van der Waals surface area contributed by atoms with Gasteiger partial charge in [0.1, 0.15) is 23.5 Å². The number of fused-ring (bicyclic) bond motifs is 1. The number of nitrogens with one attached hydrogen (secondary N) is 2. The third kappa shape index (κ3) is 8.44. The number of aliphatic carboxylic acids is 1. The maximum Gasteiger partial charge on any atom is 0.303 e. The molecule has 14 nitrogen and oxygen atoms in total. The molecule has 0 radical (unpaired) electrons. The normalized spacial score (nSPS) is 18.1. The van der Waals surface area contributed by atoms with Gasteiger partial charge in [-0.1, -0.05) is 30.3 Å². The molecule has 0 unspecified atom stereocenters. The maximum atomic E-state index is 13.7. The van der Waals surface area contributed by atoms with E-state index < -0.39 is 29.9 Å². The van der Waals surface area contributed by atoms with Gasteiger partial charge in [-0.15, -0.1) is 0 Å². The molecule has 2 aromatic carbocycles. The summed E-state index contributed by atoms with van der Waals surface area (Å²) < 4.78 is 5.99. The quantitative estimate of drug-likeness (QED) is 0.256. The van der Waals surface area contributed by atoms with Gasteiger partial charge in [-0.05, 0) is 62.8 Å². The molecule has 1 saturated carbocycles. The van der Waals surface area contributed by atoms with Gasteiger partial charge in [-0.3, -0.25) is 28.8 Å². The number of hydrogen-bond acceptors (Lipinski definition) is 8. The van der Waals surface area contributed by atoms with Gasteiger partial charge in [0.05, 0.1) is 5.52 Å². The number of rotatable bonds is 12. The summed E-state index contributed by atoms with van der Waals surface area (Å²) in [6, 6.07) is 15.6. The number of piperazine rings is 1. The minimum Gasteiger partial charge on any atom is -0.483 e. The lowest BCUT2D eigenvalue weighted by Crippen LogP contribution is -2.56. The van der Waals surface area contributed by atoms with Crippen LogP contribution < -0.4 is 15.4 Å². The highest BCUT2D eigenvalue weighted by Gasteiger charge is 2.36. The standard InChI is InChI=1S/C37H42N6O8/c44-32(43-17-7-14-30(43)35(48)38-25-10-6-11-25)23-51-31-22-29(39-27-13-5-4-12-26(27)31)34(47)40-28(15-16-33(45)46)37(50)42-20-18-41(19-21-42)36(49)24-8-2-1-3-9-24/h1-5,8-9,12-13,22,25,28,30H,6-7,10-11,14-21,23H2,(H,38,48)(H,40,47)(H,45,46)/t28-,30-/m0/s1. The first-order valence-corrected chi connectivity index (χ1v) is 17.5. The van der Waals surface area contributed by atoms with Crippen LogP contribution in [0, 0.1) is 0 Å². The number of amides is 5. The predicted molar refractivity (Wildman–Crippen MR) is 185 cm³/mol. The van der Waals surface area contributed by atoms with Crippen molar-refractivity contribution >= 4 is 46.4 Å². The molecule has 5 amide bonds. The molecule has 3 N–H and O–H groups in total. The second-order valence-electron chi connectivity index (χ2n) is 13.1. The highest BCUT2D eigenvalue weighted by atomic mass is 16.5. The van der Waals surface area contributed by atoms with E-state index in [-0.39, 0.29) is 80.8 Å². The van der Waals surface area contributed by atoms with Gasteiger partial charge in [-0.25, -0.2) is 4.98 Å². The number of carbonyl (C=O) groups is 6. The third-order valence-electron chi connectivity index (χ3n) is 9.74. The minimum absolute atomic E-state index is 0.0820. The van der Waals surface area contributed by atoms with E-state index >= 15 is 0 Å². The number of carbonyl (C=O) groups excluding carboxylic acids is 5. The summed E-state index contributed by atoms with van der Waals surface area (Å²) in [6.45, 7) is 1.09. The molecule has 14 heteroatoms. The van der Waals surface area contributed by atoms with Crippen molar-refractivity contribution < 1.29 is 38.6 Å². The number of benzene rings is 2. The molecule has 3 aromatic rings. The van der Waals surface area contributed by atoms with Gasteiger partial charge in [-0.2, -0.15) is 0 Å². The summed E-state index contributed by atoms with van der Waals surface area (Å²) in [5, 5.41) is 15.7. The van der Waals surface area contributed by atoms with Gasteiger partial charge >= 0.3 is 5.97 Å². The molecule has 268 valence electrons. The van der Waals surface area contributed by atoms with Gasteiger partial charge in [0, 0.05) is 62.2 Å². The zero-order valence-electron chi connectivity index (χ0n) is 28.3. The van der Waals surface area contributed by atoms with Crippen LogP contribution in [-0.2, 0) is 19.2 Å². The van der Waals surface area contributed by atoms with Crippen LogP contribution in [0.25, 0.3) is 10.9 Å². The van der Waals surface area contributed by atoms with Crippen LogP contribution in [0.15, 0.2) is 60.7 Å². The molecule has 6 rings (SSSR count). The topological polar surface area (TPSA) is 179 Å². The third-order valence-corrected chi connectivity index (χ3v) is 9.74. The lowest BCUT2D eigenvalue weighted by atomic mass is 9.93. The van der Waals surface area contributed by atoms with E-state index in [4.69, 9.17) is 4.74 Å². The van der Waals surface area contributed by atoms with Crippen LogP contribution in [0.3, 0.4) is 0 Å². The molecule has 3 heterocycles. The number of carboxylic acids is 1. The molecular formula is C37H42N6O8. The number of carboxylic acid groups (broad SMARTS) is 1. The van der Waals surface area contributed by atoms with Gasteiger partial charge in [0.2, 0.25) is 11.8 Å². The SMILES string of the molecule is O=C(O)CC[C@H](NC(=O)c1cc(OCC(=O)N2CCC[C@H]2C(=O)NC2CCC2)c2ccccc2n1)C(=O)N1CCN(C(=O)c2ccccc2)CC1. The van der Waals surface area contributed by atoms with Crippen molar-refractivity contribution in [2.45, 2.75) is 63.1 Å². The number of aromatic nitrogens is 1. The van der Waals surface area contributed by atoms with Gasteiger partial charge < -0.3 is 35.2 Å². The average Bonchev–Trinajstić information content (AvgIpc) is 3.64. The maximum absolute atomic E-state index is 13.7. The molecule has 2 saturated heterocycles. The van der Waals surface area contributed by atoms with Gasteiger partial charge in [0.25, 0.3) is 17.7 Å². The van der Waals surface area contributed by atoms with E-state index in [1.807, 2.05) is 6.07 Å². The smallest absolute Gasteiger partial charge is 0.303 e. The van der Waals surface area contributed by atoms with E-state index in [1.54, 1.807) is 58.3 Å². The summed E-state index contributed by atoms with van der Waals surface area (Å²) in [4.78, 5) is 87.0. The highest BCUT2D eigenvalue weighted by Crippen LogP contribution is 2.27. The van der Waals surface area contributed by atoms with E-state index in [0.29, 0.717) is 35.9 Å². The lowest BCUT2D eigenvalue weighted by Gasteiger charge is -2.36. The Morgan fingerprint density at radius 1 is 0.863 bits per heavy atom. The van der Waals surface area contributed by atoms with Crippen molar-refractivity contribution in [2.75, 3.05) is 39.3 Å². The molecule has 2 atom stereocenters. The number of ether oxygens (including phenoxy) is 1. The van der Waals surface area contributed by atoms with E-state index in [0.717, 1.165) is 19.3 Å². The van der Waals surface area contributed by atoms with Crippen LogP contribution in [0.5, 0.6) is 5.75 Å². The highest BCUT2D eigenvalue weighted by molar-refractivity contribution is 6.00. The zero-order valence-corrected chi connectivity index (χ0v) is 28.3. The molecule has 1 aromatic heterocycles. The summed E-state index contributed by atoms with van der Waals surface area (Å²) in [7, 11) is 0. The minimum atomic E-state index is -1.16. The molecule has 3 fully saturated rings. The van der Waals surface area contributed by atoms with Crippen LogP contribution in [0.2, 0.25) is 0 Å². The fraction of sp³-hybridized carbons (Fsp3) is 0.432. The first kappa shape index (κ1) is 35.3. The predicted octanol–water partition coefficient (Wildman–Crippen LogP) is 2.22. The van der Waals surface area contributed by atoms with Crippen molar-refractivity contribution in [1.82, 2.24) is 30.3 Å². The first-order chi connectivity index (χ1) is 24.7. The molecule has 2 aliphatic heterocycles. The number of likely N-dealkylation sites (tertiary alicyclic amines) is 1. The summed E-state index contributed by atoms with van der Waals surface area (Å²) in [6.07, 6.45) is 3.76. The second kappa shape index (κ2) is 16.0. The Morgan fingerprint density at radius 3 is 2.27 bits per heavy atom. The Bertz CT molecular complexity index is 1790. The Hall–Kier alpha value is -5.53. The van der Waals surface area contributed by atoms with Crippen molar-refractivity contribution in [3.05, 3.63) is 71.9 Å². The molecular weight excluding hydrogens is 656 g/mol. The molecule has 51 heavy (non-hydrogen) atoms. The van der Waals surface area contributed by atoms with E-state index in [1.165, 1.54) is 11.0 Å².